The van der Waals surface area contributed by atoms with Crippen LogP contribution in [0.2, 0.25) is 0 Å². The van der Waals surface area contributed by atoms with E-state index in [1.807, 2.05) is 31.8 Å². The van der Waals surface area contributed by atoms with Gasteiger partial charge < -0.3 is 9.64 Å². The van der Waals surface area contributed by atoms with Gasteiger partial charge in [-0.1, -0.05) is 0 Å². The third-order valence-electron chi connectivity index (χ3n) is 5.03. The molecule has 1 saturated heterocycles. The van der Waals surface area contributed by atoms with Crippen LogP contribution in [-0.4, -0.2) is 57.9 Å². The van der Waals surface area contributed by atoms with E-state index in [-0.39, 0.29) is 6.10 Å². The van der Waals surface area contributed by atoms with Gasteiger partial charge in [-0.15, -0.1) is 0 Å². The summed E-state index contributed by atoms with van der Waals surface area (Å²) in [5.41, 5.74) is 1.27. The maximum Gasteiger partial charge on any atom is 0.257 e. The van der Waals surface area contributed by atoms with Crippen molar-refractivity contribution in [3.05, 3.63) is 30.4 Å². The Hall–Kier alpha value is -2.15. The Balaban J connectivity index is 1.81. The molecule has 2 atom stereocenters. The number of anilines is 1. The minimum Gasteiger partial charge on any atom is -0.472 e. The van der Waals surface area contributed by atoms with E-state index in [1.165, 1.54) is 18.5 Å². The second-order valence-corrected chi connectivity index (χ2v) is 7.44. The van der Waals surface area contributed by atoms with E-state index in [9.17, 15) is 0 Å². The van der Waals surface area contributed by atoms with Crippen molar-refractivity contribution in [2.45, 2.75) is 38.8 Å². The number of ether oxygens (including phenoxy) is 1. The first-order valence-electron chi connectivity index (χ1n) is 9.34. The van der Waals surface area contributed by atoms with Gasteiger partial charge in [-0.3, -0.25) is 9.58 Å². The van der Waals surface area contributed by atoms with Crippen molar-refractivity contribution in [3.63, 3.8) is 0 Å². The SMILES string of the molecule is CC(C)Oc1nccnc1N(C)C[C@@H]1CCCN(C)[C@H]1c1ccnn1C. The van der Waals surface area contributed by atoms with Gasteiger partial charge in [0, 0.05) is 39.2 Å². The van der Waals surface area contributed by atoms with Crippen molar-refractivity contribution in [2.24, 2.45) is 13.0 Å². The minimum atomic E-state index is 0.0712. The Morgan fingerprint density at radius 3 is 2.69 bits per heavy atom. The predicted octanol–water partition coefficient (Wildman–Crippen LogP) is 2.52. The largest absolute Gasteiger partial charge is 0.472 e. The fourth-order valence-electron chi connectivity index (χ4n) is 3.92. The zero-order chi connectivity index (χ0) is 18.7. The Bertz CT molecular complexity index is 716. The molecule has 2 aromatic rings. The van der Waals surface area contributed by atoms with E-state index < -0.39 is 0 Å². The van der Waals surface area contributed by atoms with E-state index in [0.717, 1.165) is 18.9 Å². The summed E-state index contributed by atoms with van der Waals surface area (Å²) in [6, 6.07) is 2.49. The summed E-state index contributed by atoms with van der Waals surface area (Å²) < 4.78 is 7.85. The van der Waals surface area contributed by atoms with Crippen molar-refractivity contribution < 1.29 is 4.74 Å². The molecule has 0 bridgehead atoms. The average molecular weight is 358 g/mol. The molecule has 0 amide bonds. The van der Waals surface area contributed by atoms with Crippen molar-refractivity contribution >= 4 is 5.82 Å². The van der Waals surface area contributed by atoms with Gasteiger partial charge in [0.25, 0.3) is 5.88 Å². The summed E-state index contributed by atoms with van der Waals surface area (Å²) in [7, 11) is 6.31. The van der Waals surface area contributed by atoms with E-state index >= 15 is 0 Å². The zero-order valence-electron chi connectivity index (χ0n) is 16.5. The zero-order valence-corrected chi connectivity index (χ0v) is 16.5. The fraction of sp³-hybridized carbons (Fsp3) is 0.632. The lowest BCUT2D eigenvalue weighted by Crippen LogP contribution is -2.42. The molecule has 7 nitrogen and oxygen atoms in total. The Morgan fingerprint density at radius 2 is 2.00 bits per heavy atom. The molecule has 1 aliphatic heterocycles. The summed E-state index contributed by atoms with van der Waals surface area (Å²) in [5.74, 6) is 1.90. The second kappa shape index (κ2) is 8.03. The highest BCUT2D eigenvalue weighted by Crippen LogP contribution is 2.36. The van der Waals surface area contributed by atoms with Gasteiger partial charge in [0.2, 0.25) is 0 Å². The summed E-state index contributed by atoms with van der Waals surface area (Å²) >= 11 is 0. The van der Waals surface area contributed by atoms with Crippen LogP contribution < -0.4 is 9.64 Å². The highest BCUT2D eigenvalue weighted by molar-refractivity contribution is 5.47. The number of likely N-dealkylation sites (tertiary alicyclic amines) is 1. The minimum absolute atomic E-state index is 0.0712. The number of piperidine rings is 1. The van der Waals surface area contributed by atoms with Crippen LogP contribution >= 0.6 is 0 Å². The Kier molecular flexibility index (Phi) is 5.76. The quantitative estimate of drug-likeness (QED) is 0.791. The van der Waals surface area contributed by atoms with Gasteiger partial charge in [-0.05, 0) is 52.3 Å². The molecule has 0 saturated carbocycles. The third-order valence-corrected chi connectivity index (χ3v) is 5.03. The average Bonchev–Trinajstić information content (AvgIpc) is 3.00. The topological polar surface area (TPSA) is 59.3 Å². The first kappa shape index (κ1) is 18.6. The number of hydrogen-bond acceptors (Lipinski definition) is 6. The molecule has 0 radical (unpaired) electrons. The van der Waals surface area contributed by atoms with Crippen LogP contribution in [0.4, 0.5) is 5.82 Å². The molecule has 0 spiro atoms. The lowest BCUT2D eigenvalue weighted by atomic mass is 9.87. The molecule has 0 N–H and O–H groups in total. The Labute approximate surface area is 156 Å². The molecule has 0 unspecified atom stereocenters. The van der Waals surface area contributed by atoms with E-state index in [2.05, 4.69) is 45.0 Å². The molecule has 26 heavy (non-hydrogen) atoms. The Morgan fingerprint density at radius 1 is 1.23 bits per heavy atom. The predicted molar refractivity (Wildman–Crippen MR) is 102 cm³/mol. The van der Waals surface area contributed by atoms with Crippen molar-refractivity contribution in [1.29, 1.82) is 0 Å². The van der Waals surface area contributed by atoms with Crippen LogP contribution in [0.1, 0.15) is 38.4 Å². The second-order valence-electron chi connectivity index (χ2n) is 7.44. The molecule has 3 heterocycles. The van der Waals surface area contributed by atoms with Crippen LogP contribution in [0.15, 0.2) is 24.7 Å². The first-order valence-corrected chi connectivity index (χ1v) is 9.34. The van der Waals surface area contributed by atoms with Crippen LogP contribution in [0.5, 0.6) is 5.88 Å². The molecule has 0 aliphatic carbocycles. The maximum absolute atomic E-state index is 5.86. The lowest BCUT2D eigenvalue weighted by molar-refractivity contribution is 0.117. The first-order chi connectivity index (χ1) is 12.5. The van der Waals surface area contributed by atoms with E-state index in [0.29, 0.717) is 17.8 Å². The van der Waals surface area contributed by atoms with Crippen LogP contribution in [0, 0.1) is 5.92 Å². The number of rotatable bonds is 6. The smallest absolute Gasteiger partial charge is 0.257 e. The molecule has 1 aliphatic rings. The summed E-state index contributed by atoms with van der Waals surface area (Å²) in [6.07, 6.45) is 7.76. The van der Waals surface area contributed by atoms with E-state index in [4.69, 9.17) is 4.74 Å². The highest BCUT2D eigenvalue weighted by Gasteiger charge is 2.33. The molecule has 7 heteroatoms. The monoisotopic (exact) mass is 358 g/mol. The summed E-state index contributed by atoms with van der Waals surface area (Å²) in [5, 5.41) is 4.38. The van der Waals surface area contributed by atoms with Crippen molar-refractivity contribution in [2.75, 3.05) is 32.1 Å². The summed E-state index contributed by atoms with van der Waals surface area (Å²) in [6.45, 7) is 6.02. The molecule has 1 fully saturated rings. The molecular weight excluding hydrogens is 328 g/mol. The van der Waals surface area contributed by atoms with Gasteiger partial charge >= 0.3 is 0 Å². The molecular formula is C19H30N6O. The summed E-state index contributed by atoms with van der Waals surface area (Å²) in [4.78, 5) is 13.5. The molecule has 2 aromatic heterocycles. The van der Waals surface area contributed by atoms with Gasteiger partial charge in [0.1, 0.15) is 0 Å². The van der Waals surface area contributed by atoms with Gasteiger partial charge in [0.05, 0.1) is 17.8 Å². The third kappa shape index (κ3) is 3.98. The van der Waals surface area contributed by atoms with Crippen molar-refractivity contribution in [1.82, 2.24) is 24.6 Å². The van der Waals surface area contributed by atoms with Crippen LogP contribution in [0.3, 0.4) is 0 Å². The normalized spacial score (nSPS) is 21.2. The maximum atomic E-state index is 5.86. The van der Waals surface area contributed by atoms with Gasteiger partial charge in [-0.2, -0.15) is 5.10 Å². The number of hydrogen-bond donors (Lipinski definition) is 0. The van der Waals surface area contributed by atoms with E-state index in [1.54, 1.807) is 12.4 Å². The fourth-order valence-corrected chi connectivity index (χ4v) is 3.92. The number of aryl methyl sites for hydroxylation is 1. The van der Waals surface area contributed by atoms with Crippen LogP contribution in [0.25, 0.3) is 0 Å². The standard InChI is InChI=1S/C19H30N6O/c1-14(2)26-19-18(20-10-11-21-19)24(4)13-15-7-6-12-23(3)17(15)16-8-9-22-25(16)5/h8-11,14-15,17H,6-7,12-13H2,1-5H3/t15-,17+/m0/s1. The van der Waals surface area contributed by atoms with Gasteiger partial charge in [-0.25, -0.2) is 9.97 Å². The highest BCUT2D eigenvalue weighted by atomic mass is 16.5. The number of nitrogens with zero attached hydrogens (tertiary/aromatic N) is 6. The molecule has 3 rings (SSSR count). The lowest BCUT2D eigenvalue weighted by Gasteiger charge is -2.41. The molecule has 0 aromatic carbocycles. The van der Waals surface area contributed by atoms with Crippen LogP contribution in [-0.2, 0) is 7.05 Å². The van der Waals surface area contributed by atoms with Gasteiger partial charge in [0.15, 0.2) is 5.82 Å². The molecule has 142 valence electrons. The number of aromatic nitrogens is 4. The van der Waals surface area contributed by atoms with Crippen molar-refractivity contribution in [3.8, 4) is 5.88 Å².